The maximum Gasteiger partial charge on any atom is 0.191 e. The lowest BCUT2D eigenvalue weighted by Crippen LogP contribution is -2.49. The van der Waals surface area contributed by atoms with E-state index in [1.54, 1.807) is 0 Å². The van der Waals surface area contributed by atoms with Gasteiger partial charge in [-0.05, 0) is 42.0 Å². The standard InChI is InChI=1S/C25H37N5O/c1-25(2,3)22-10-5-6-11-23(22)31-18-15-28-24(26-4)29-20-12-16-30(17-13-20)19-21-9-7-8-14-27-21/h5-11,14,20H,12-13,15-19H2,1-4H3,(H2,26,28,29). The van der Waals surface area contributed by atoms with E-state index in [1.165, 1.54) is 5.56 Å². The maximum atomic E-state index is 6.06. The van der Waals surface area contributed by atoms with Gasteiger partial charge in [-0.2, -0.15) is 0 Å². The van der Waals surface area contributed by atoms with Crippen molar-refractivity contribution in [1.29, 1.82) is 0 Å². The van der Waals surface area contributed by atoms with Gasteiger partial charge in [0.1, 0.15) is 12.4 Å². The normalized spacial score (nSPS) is 16.2. The zero-order valence-electron chi connectivity index (χ0n) is 19.4. The third-order valence-corrected chi connectivity index (χ3v) is 5.61. The minimum atomic E-state index is 0.0626. The number of rotatable bonds is 7. The predicted molar refractivity (Wildman–Crippen MR) is 128 cm³/mol. The maximum absolute atomic E-state index is 6.06. The lowest BCUT2D eigenvalue weighted by molar-refractivity contribution is 0.196. The first-order chi connectivity index (χ1) is 15.0. The van der Waals surface area contributed by atoms with Crippen LogP contribution in [0, 0.1) is 0 Å². The van der Waals surface area contributed by atoms with Crippen LogP contribution < -0.4 is 15.4 Å². The monoisotopic (exact) mass is 423 g/mol. The third kappa shape index (κ3) is 7.24. The molecule has 0 radical (unpaired) electrons. The van der Waals surface area contributed by atoms with Gasteiger partial charge in [0.25, 0.3) is 0 Å². The van der Waals surface area contributed by atoms with Crippen LogP contribution in [0.1, 0.15) is 44.9 Å². The van der Waals surface area contributed by atoms with E-state index >= 15 is 0 Å². The molecule has 1 aliphatic rings. The third-order valence-electron chi connectivity index (χ3n) is 5.61. The van der Waals surface area contributed by atoms with E-state index in [0.717, 1.165) is 49.9 Å². The molecular weight excluding hydrogens is 386 g/mol. The molecule has 1 aromatic heterocycles. The van der Waals surface area contributed by atoms with Gasteiger partial charge in [-0.15, -0.1) is 0 Å². The molecule has 31 heavy (non-hydrogen) atoms. The Morgan fingerprint density at radius 2 is 1.87 bits per heavy atom. The number of pyridine rings is 1. The zero-order valence-corrected chi connectivity index (χ0v) is 19.4. The minimum Gasteiger partial charge on any atom is -0.491 e. The van der Waals surface area contributed by atoms with Crippen LogP contribution in [0.2, 0.25) is 0 Å². The smallest absolute Gasteiger partial charge is 0.191 e. The van der Waals surface area contributed by atoms with Crippen LogP contribution in [0.15, 0.2) is 53.7 Å². The SMILES string of the molecule is CN=C(NCCOc1ccccc1C(C)(C)C)NC1CCN(Cc2ccccn2)CC1. The second-order valence-corrected chi connectivity index (χ2v) is 9.11. The lowest BCUT2D eigenvalue weighted by Gasteiger charge is -2.32. The number of benzene rings is 1. The van der Waals surface area contributed by atoms with Crippen LogP contribution in [0.3, 0.4) is 0 Å². The van der Waals surface area contributed by atoms with E-state index in [4.69, 9.17) is 4.74 Å². The Bertz CT molecular complexity index is 823. The average Bonchev–Trinajstić information content (AvgIpc) is 2.77. The molecule has 3 rings (SSSR count). The number of nitrogens with zero attached hydrogens (tertiary/aromatic N) is 3. The summed E-state index contributed by atoms with van der Waals surface area (Å²) in [5, 5.41) is 6.95. The molecule has 2 heterocycles. The molecule has 0 unspecified atom stereocenters. The first-order valence-electron chi connectivity index (χ1n) is 11.3. The summed E-state index contributed by atoms with van der Waals surface area (Å²) < 4.78 is 6.06. The number of para-hydroxylation sites is 1. The highest BCUT2D eigenvalue weighted by Crippen LogP contribution is 2.30. The average molecular weight is 424 g/mol. The Balaban J connectivity index is 1.38. The first kappa shape index (κ1) is 23.1. The molecule has 1 aliphatic heterocycles. The van der Waals surface area contributed by atoms with Gasteiger partial charge in [0.05, 0.1) is 12.2 Å². The van der Waals surface area contributed by atoms with E-state index in [9.17, 15) is 0 Å². The van der Waals surface area contributed by atoms with Gasteiger partial charge >= 0.3 is 0 Å². The highest BCUT2D eigenvalue weighted by molar-refractivity contribution is 5.79. The highest BCUT2D eigenvalue weighted by atomic mass is 16.5. The van der Waals surface area contributed by atoms with Crippen LogP contribution >= 0.6 is 0 Å². The summed E-state index contributed by atoms with van der Waals surface area (Å²) in [5.41, 5.74) is 2.43. The number of aromatic nitrogens is 1. The fourth-order valence-corrected chi connectivity index (χ4v) is 3.89. The van der Waals surface area contributed by atoms with Crippen molar-refractivity contribution in [2.24, 2.45) is 4.99 Å². The predicted octanol–water partition coefficient (Wildman–Crippen LogP) is 3.59. The molecule has 2 aromatic rings. The molecule has 0 bridgehead atoms. The molecule has 1 fully saturated rings. The second-order valence-electron chi connectivity index (χ2n) is 9.11. The lowest BCUT2D eigenvalue weighted by atomic mass is 9.86. The van der Waals surface area contributed by atoms with Crippen LogP contribution in [-0.2, 0) is 12.0 Å². The number of hydrogen-bond acceptors (Lipinski definition) is 4. The van der Waals surface area contributed by atoms with Gasteiger partial charge in [-0.1, -0.05) is 45.0 Å². The van der Waals surface area contributed by atoms with Crippen molar-refractivity contribution in [1.82, 2.24) is 20.5 Å². The molecule has 0 amide bonds. The van der Waals surface area contributed by atoms with E-state index in [0.29, 0.717) is 19.2 Å². The molecule has 6 heteroatoms. The summed E-state index contributed by atoms with van der Waals surface area (Å²) in [5.74, 6) is 1.80. The van der Waals surface area contributed by atoms with E-state index < -0.39 is 0 Å². The summed E-state index contributed by atoms with van der Waals surface area (Å²) >= 11 is 0. The van der Waals surface area contributed by atoms with Gasteiger partial charge in [0.2, 0.25) is 0 Å². The number of nitrogens with one attached hydrogen (secondary N) is 2. The first-order valence-corrected chi connectivity index (χ1v) is 11.3. The number of piperidine rings is 1. The number of hydrogen-bond donors (Lipinski definition) is 2. The largest absolute Gasteiger partial charge is 0.491 e. The molecular formula is C25H37N5O. The fraction of sp³-hybridized carbons (Fsp3) is 0.520. The van der Waals surface area contributed by atoms with E-state index in [-0.39, 0.29) is 5.41 Å². The van der Waals surface area contributed by atoms with E-state index in [2.05, 4.69) is 70.5 Å². The molecule has 6 nitrogen and oxygen atoms in total. The second kappa shape index (κ2) is 11.1. The summed E-state index contributed by atoms with van der Waals surface area (Å²) in [7, 11) is 1.82. The molecule has 1 saturated heterocycles. The van der Waals surface area contributed by atoms with Crippen molar-refractivity contribution in [3.8, 4) is 5.75 Å². The molecule has 0 atom stereocenters. The Kier molecular flexibility index (Phi) is 8.29. The van der Waals surface area contributed by atoms with Crippen LogP contribution in [-0.4, -0.2) is 55.2 Å². The van der Waals surface area contributed by atoms with Crippen LogP contribution in [0.25, 0.3) is 0 Å². The van der Waals surface area contributed by atoms with Gasteiger partial charge in [-0.25, -0.2) is 0 Å². The van der Waals surface area contributed by atoms with Crippen molar-refractivity contribution in [2.45, 2.75) is 51.6 Å². The van der Waals surface area contributed by atoms with Gasteiger partial charge in [0, 0.05) is 38.9 Å². The van der Waals surface area contributed by atoms with Crippen molar-refractivity contribution in [2.75, 3.05) is 33.3 Å². The number of likely N-dealkylation sites (tertiary alicyclic amines) is 1. The van der Waals surface area contributed by atoms with E-state index in [1.807, 2.05) is 31.4 Å². The molecule has 2 N–H and O–H groups in total. The van der Waals surface area contributed by atoms with Crippen LogP contribution in [0.5, 0.6) is 5.75 Å². The quantitative estimate of drug-likeness (QED) is 0.405. The van der Waals surface area contributed by atoms with Gasteiger partial charge in [0.15, 0.2) is 5.96 Å². The molecule has 0 aliphatic carbocycles. The van der Waals surface area contributed by atoms with Crippen LogP contribution in [0.4, 0.5) is 0 Å². The van der Waals surface area contributed by atoms with Crippen molar-refractivity contribution in [3.63, 3.8) is 0 Å². The van der Waals surface area contributed by atoms with Crippen molar-refractivity contribution in [3.05, 3.63) is 59.9 Å². The minimum absolute atomic E-state index is 0.0626. The highest BCUT2D eigenvalue weighted by Gasteiger charge is 2.21. The number of ether oxygens (including phenoxy) is 1. The molecule has 168 valence electrons. The topological polar surface area (TPSA) is 61.8 Å². The summed E-state index contributed by atoms with van der Waals surface area (Å²) in [6, 6.07) is 14.8. The Labute approximate surface area is 187 Å². The molecule has 0 saturated carbocycles. The van der Waals surface area contributed by atoms with Gasteiger partial charge < -0.3 is 15.4 Å². The zero-order chi connectivity index (χ0) is 22.1. The summed E-state index contributed by atoms with van der Waals surface area (Å²) in [6.45, 7) is 11.0. The Morgan fingerprint density at radius 3 is 2.55 bits per heavy atom. The van der Waals surface area contributed by atoms with Crippen molar-refractivity contribution >= 4 is 5.96 Å². The summed E-state index contributed by atoms with van der Waals surface area (Å²) in [4.78, 5) is 11.3. The van der Waals surface area contributed by atoms with Gasteiger partial charge in [-0.3, -0.25) is 14.9 Å². The Hall–Kier alpha value is -2.60. The number of guanidine groups is 1. The fourth-order valence-electron chi connectivity index (χ4n) is 3.89. The van der Waals surface area contributed by atoms with Crippen molar-refractivity contribution < 1.29 is 4.74 Å². The molecule has 0 spiro atoms. The number of aliphatic imine (C=N–C) groups is 1. The summed E-state index contributed by atoms with van der Waals surface area (Å²) in [6.07, 6.45) is 4.07. The molecule has 1 aromatic carbocycles. The Morgan fingerprint density at radius 1 is 1.13 bits per heavy atom.